The van der Waals surface area contributed by atoms with Crippen molar-refractivity contribution in [2.75, 3.05) is 0 Å². The third kappa shape index (κ3) is 2.30. The van der Waals surface area contributed by atoms with Gasteiger partial charge < -0.3 is 10.2 Å². The molecule has 0 radical (unpaired) electrons. The highest BCUT2D eigenvalue weighted by molar-refractivity contribution is 6.39. The van der Waals surface area contributed by atoms with Crippen molar-refractivity contribution in [2.24, 2.45) is 11.1 Å². The predicted molar refractivity (Wildman–Crippen MR) is 72.6 cm³/mol. The largest absolute Gasteiger partial charge is 0.458 e. The molecule has 0 amide bonds. The van der Waals surface area contributed by atoms with E-state index in [1.54, 1.807) is 12.1 Å². The van der Waals surface area contributed by atoms with E-state index in [4.69, 9.17) is 33.4 Å². The van der Waals surface area contributed by atoms with Crippen molar-refractivity contribution in [3.8, 4) is 0 Å². The molecule has 17 heavy (non-hydrogen) atoms. The Morgan fingerprint density at radius 2 is 1.76 bits per heavy atom. The lowest BCUT2D eigenvalue weighted by Gasteiger charge is -2.24. The Morgan fingerprint density at radius 3 is 2.29 bits per heavy atom. The number of fused-ring (bicyclic) bond motifs is 1. The van der Waals surface area contributed by atoms with Crippen molar-refractivity contribution >= 4 is 34.2 Å². The van der Waals surface area contributed by atoms with Gasteiger partial charge in [0, 0.05) is 5.39 Å². The first-order valence-electron chi connectivity index (χ1n) is 5.43. The SMILES string of the molecule is CC(C)(C)C(N)c1cc2c(Cl)ccc(Cl)c2o1. The summed E-state index contributed by atoms with van der Waals surface area (Å²) in [6.07, 6.45) is 0. The highest BCUT2D eigenvalue weighted by Crippen LogP contribution is 2.38. The Bertz CT molecular complexity index is 515. The highest BCUT2D eigenvalue weighted by Gasteiger charge is 2.26. The van der Waals surface area contributed by atoms with Gasteiger partial charge in [-0.2, -0.15) is 0 Å². The summed E-state index contributed by atoms with van der Waals surface area (Å²) in [7, 11) is 0. The lowest BCUT2D eigenvalue weighted by Crippen LogP contribution is -2.25. The van der Waals surface area contributed by atoms with E-state index in [1.165, 1.54) is 0 Å². The Balaban J connectivity index is 2.59. The molecule has 0 aliphatic heterocycles. The van der Waals surface area contributed by atoms with E-state index in [2.05, 4.69) is 20.8 Å². The molecule has 0 saturated carbocycles. The molecule has 0 bridgehead atoms. The van der Waals surface area contributed by atoms with Gasteiger partial charge in [0.15, 0.2) is 5.58 Å². The normalized spacial score (nSPS) is 14.2. The maximum Gasteiger partial charge on any atom is 0.154 e. The molecular weight excluding hydrogens is 257 g/mol. The number of hydrogen-bond donors (Lipinski definition) is 1. The molecule has 0 spiro atoms. The smallest absolute Gasteiger partial charge is 0.154 e. The lowest BCUT2D eigenvalue weighted by atomic mass is 9.86. The summed E-state index contributed by atoms with van der Waals surface area (Å²) in [6.45, 7) is 6.19. The van der Waals surface area contributed by atoms with Gasteiger partial charge in [0.25, 0.3) is 0 Å². The minimum absolute atomic E-state index is 0.0766. The van der Waals surface area contributed by atoms with Gasteiger partial charge >= 0.3 is 0 Å². The second-order valence-electron chi connectivity index (χ2n) is 5.26. The number of hydrogen-bond acceptors (Lipinski definition) is 2. The minimum Gasteiger partial charge on any atom is -0.458 e. The molecule has 92 valence electrons. The highest BCUT2D eigenvalue weighted by atomic mass is 35.5. The summed E-state index contributed by atoms with van der Waals surface area (Å²) >= 11 is 12.2. The van der Waals surface area contributed by atoms with Crippen LogP contribution in [0.2, 0.25) is 10.0 Å². The summed E-state index contributed by atoms with van der Waals surface area (Å²) in [6, 6.07) is 5.16. The first-order chi connectivity index (χ1) is 7.80. The zero-order chi connectivity index (χ0) is 12.8. The standard InChI is InChI=1S/C13H15Cl2NO/c1-13(2,3)12(16)10-6-7-8(14)4-5-9(15)11(7)17-10/h4-6,12H,16H2,1-3H3. The number of nitrogens with two attached hydrogens (primary N) is 1. The van der Waals surface area contributed by atoms with Gasteiger partial charge in [-0.25, -0.2) is 0 Å². The second kappa shape index (κ2) is 4.20. The van der Waals surface area contributed by atoms with Crippen LogP contribution in [0.5, 0.6) is 0 Å². The predicted octanol–water partition coefficient (Wildman–Crippen LogP) is 4.79. The first kappa shape index (κ1) is 12.7. The molecular formula is C13H15Cl2NO. The van der Waals surface area contributed by atoms with E-state index in [9.17, 15) is 0 Å². The van der Waals surface area contributed by atoms with Crippen molar-refractivity contribution in [3.63, 3.8) is 0 Å². The van der Waals surface area contributed by atoms with Gasteiger partial charge in [-0.05, 0) is 23.6 Å². The van der Waals surface area contributed by atoms with Crippen LogP contribution in [-0.4, -0.2) is 0 Å². The first-order valence-corrected chi connectivity index (χ1v) is 6.19. The molecule has 0 aliphatic carbocycles. The molecule has 1 atom stereocenters. The molecule has 0 fully saturated rings. The molecule has 0 aliphatic rings. The van der Waals surface area contributed by atoms with Crippen LogP contribution in [0.25, 0.3) is 11.0 Å². The van der Waals surface area contributed by atoms with Crippen LogP contribution in [0.3, 0.4) is 0 Å². The van der Waals surface area contributed by atoms with Gasteiger partial charge in [0.1, 0.15) is 5.76 Å². The minimum atomic E-state index is -0.193. The number of halogens is 2. The van der Waals surface area contributed by atoms with Crippen molar-refractivity contribution in [1.29, 1.82) is 0 Å². The summed E-state index contributed by atoms with van der Waals surface area (Å²) in [4.78, 5) is 0. The van der Waals surface area contributed by atoms with Crippen LogP contribution >= 0.6 is 23.2 Å². The Labute approximate surface area is 111 Å². The van der Waals surface area contributed by atoms with Crippen LogP contribution in [0.1, 0.15) is 32.6 Å². The summed E-state index contributed by atoms with van der Waals surface area (Å²) in [5.41, 5.74) is 6.68. The van der Waals surface area contributed by atoms with Gasteiger partial charge in [-0.15, -0.1) is 0 Å². The van der Waals surface area contributed by atoms with Crippen molar-refractivity contribution in [2.45, 2.75) is 26.8 Å². The number of furan rings is 1. The summed E-state index contributed by atoms with van der Waals surface area (Å²) in [5.74, 6) is 0.711. The number of benzene rings is 1. The monoisotopic (exact) mass is 271 g/mol. The molecule has 1 aromatic carbocycles. The van der Waals surface area contributed by atoms with Crippen LogP contribution in [0.15, 0.2) is 22.6 Å². The fraction of sp³-hybridized carbons (Fsp3) is 0.385. The molecule has 2 nitrogen and oxygen atoms in total. The van der Waals surface area contributed by atoms with Crippen LogP contribution in [0, 0.1) is 5.41 Å². The van der Waals surface area contributed by atoms with E-state index in [-0.39, 0.29) is 11.5 Å². The summed E-state index contributed by atoms with van der Waals surface area (Å²) < 4.78 is 5.73. The molecule has 1 aromatic heterocycles. The molecule has 4 heteroatoms. The van der Waals surface area contributed by atoms with Crippen molar-refractivity contribution in [3.05, 3.63) is 34.0 Å². The van der Waals surface area contributed by atoms with Crippen LogP contribution in [-0.2, 0) is 0 Å². The van der Waals surface area contributed by atoms with Crippen LogP contribution in [0.4, 0.5) is 0 Å². The quantitative estimate of drug-likeness (QED) is 0.810. The van der Waals surface area contributed by atoms with E-state index < -0.39 is 0 Å². The van der Waals surface area contributed by atoms with E-state index in [0.29, 0.717) is 21.4 Å². The molecule has 1 unspecified atom stereocenters. The fourth-order valence-electron chi connectivity index (χ4n) is 1.66. The third-order valence-electron chi connectivity index (χ3n) is 2.84. The van der Waals surface area contributed by atoms with Crippen LogP contribution < -0.4 is 5.73 Å². The van der Waals surface area contributed by atoms with Gasteiger partial charge in [0.05, 0.1) is 16.1 Å². The van der Waals surface area contributed by atoms with E-state index in [1.807, 2.05) is 6.07 Å². The Kier molecular flexibility index (Phi) is 3.15. The molecule has 0 saturated heterocycles. The average Bonchev–Trinajstić information content (AvgIpc) is 2.67. The Hall–Kier alpha value is -0.700. The zero-order valence-electron chi connectivity index (χ0n) is 10.1. The van der Waals surface area contributed by atoms with Gasteiger partial charge in [-0.3, -0.25) is 0 Å². The van der Waals surface area contributed by atoms with Crippen molar-refractivity contribution in [1.82, 2.24) is 0 Å². The number of rotatable bonds is 1. The van der Waals surface area contributed by atoms with Crippen molar-refractivity contribution < 1.29 is 4.42 Å². The van der Waals surface area contributed by atoms with E-state index >= 15 is 0 Å². The maximum atomic E-state index is 6.16. The zero-order valence-corrected chi connectivity index (χ0v) is 11.6. The topological polar surface area (TPSA) is 39.2 Å². The fourth-order valence-corrected chi connectivity index (χ4v) is 2.06. The lowest BCUT2D eigenvalue weighted by molar-refractivity contribution is 0.290. The van der Waals surface area contributed by atoms with E-state index in [0.717, 1.165) is 5.39 Å². The van der Waals surface area contributed by atoms with Gasteiger partial charge in [-0.1, -0.05) is 44.0 Å². The summed E-state index contributed by atoms with van der Waals surface area (Å²) in [5, 5.41) is 1.99. The second-order valence-corrected chi connectivity index (χ2v) is 6.08. The van der Waals surface area contributed by atoms with Gasteiger partial charge in [0.2, 0.25) is 0 Å². The molecule has 2 N–H and O–H groups in total. The molecule has 2 rings (SSSR count). The average molecular weight is 272 g/mol. The maximum absolute atomic E-state index is 6.16. The third-order valence-corrected chi connectivity index (χ3v) is 3.47. The molecule has 1 heterocycles. The Morgan fingerprint density at radius 1 is 1.18 bits per heavy atom. The molecule has 2 aromatic rings.